The molecule has 0 aromatic heterocycles. The SMILES string of the molecule is CCCCCCCCC[C@H]1CC(=O)NCC(=O)N[C@@H](CCCCNC(=O)OCc2ccccc2)C(=O)N[C@@H](C(C)C)C(=O)N1. The molecule has 1 fully saturated rings. The minimum Gasteiger partial charge on any atom is -0.445 e. The van der Waals surface area contributed by atoms with Crippen molar-refractivity contribution in [3.05, 3.63) is 35.9 Å². The van der Waals surface area contributed by atoms with Crippen molar-refractivity contribution in [1.29, 1.82) is 0 Å². The van der Waals surface area contributed by atoms with Gasteiger partial charge in [0.1, 0.15) is 18.7 Å². The van der Waals surface area contributed by atoms with Gasteiger partial charge in [0.25, 0.3) is 0 Å². The summed E-state index contributed by atoms with van der Waals surface area (Å²) in [6.07, 6.45) is 9.39. The summed E-state index contributed by atoms with van der Waals surface area (Å²) in [5, 5.41) is 13.8. The summed E-state index contributed by atoms with van der Waals surface area (Å²) in [7, 11) is 0. The Morgan fingerprint density at radius 2 is 1.52 bits per heavy atom. The zero-order chi connectivity index (χ0) is 32.2. The van der Waals surface area contributed by atoms with Crippen LogP contribution in [0.5, 0.6) is 0 Å². The standard InChI is InChI=1S/C33H53N5O6/c1-4-5-6-7-8-9-13-18-26-21-28(39)35-22-29(40)37-27(31(41)38-30(24(2)3)32(42)36-26)19-14-15-20-34-33(43)44-23-25-16-11-10-12-17-25/h10-12,16-17,24,26-27,30H,4-9,13-15,18-23H2,1-3H3,(H,34,43)(H,35,39)(H,36,42)(H,37,40)(H,38,41)/t26-,27-,30-/m0/s1. The number of amides is 5. The number of hydrogen-bond donors (Lipinski definition) is 5. The first-order chi connectivity index (χ1) is 21.2. The third kappa shape index (κ3) is 15.2. The molecule has 1 aromatic rings. The van der Waals surface area contributed by atoms with Crippen molar-refractivity contribution in [2.75, 3.05) is 13.1 Å². The molecule has 2 rings (SSSR count). The Morgan fingerprint density at radius 1 is 0.841 bits per heavy atom. The summed E-state index contributed by atoms with van der Waals surface area (Å²) in [6.45, 7) is 6.12. The van der Waals surface area contributed by atoms with Crippen molar-refractivity contribution < 1.29 is 28.7 Å². The first-order valence-electron chi connectivity index (χ1n) is 16.3. The zero-order valence-corrected chi connectivity index (χ0v) is 26.8. The van der Waals surface area contributed by atoms with E-state index in [2.05, 4.69) is 33.5 Å². The molecular weight excluding hydrogens is 562 g/mol. The molecule has 5 amide bonds. The van der Waals surface area contributed by atoms with Gasteiger partial charge in [-0.3, -0.25) is 19.2 Å². The van der Waals surface area contributed by atoms with Crippen LogP contribution in [-0.2, 0) is 30.5 Å². The molecule has 0 aliphatic carbocycles. The van der Waals surface area contributed by atoms with Gasteiger partial charge in [0.15, 0.2) is 0 Å². The summed E-state index contributed by atoms with van der Waals surface area (Å²) in [4.78, 5) is 63.9. The lowest BCUT2D eigenvalue weighted by Crippen LogP contribution is -2.56. The fourth-order valence-electron chi connectivity index (χ4n) is 5.08. The fourth-order valence-corrected chi connectivity index (χ4v) is 5.08. The molecule has 1 aliphatic rings. The molecule has 0 spiro atoms. The summed E-state index contributed by atoms with van der Waals surface area (Å²) in [5.74, 6) is -1.81. The topological polar surface area (TPSA) is 155 Å². The molecule has 1 saturated heterocycles. The number of alkyl carbamates (subject to hydrolysis) is 1. The second-order valence-corrected chi connectivity index (χ2v) is 11.9. The maximum absolute atomic E-state index is 13.3. The van der Waals surface area contributed by atoms with Crippen LogP contribution in [0.2, 0.25) is 0 Å². The third-order valence-electron chi connectivity index (χ3n) is 7.68. The summed E-state index contributed by atoms with van der Waals surface area (Å²) in [6, 6.07) is 7.26. The Balaban J connectivity index is 1.91. The van der Waals surface area contributed by atoms with Gasteiger partial charge in [0.05, 0.1) is 6.54 Å². The van der Waals surface area contributed by atoms with Crippen LogP contribution < -0.4 is 26.6 Å². The lowest BCUT2D eigenvalue weighted by atomic mass is 9.99. The van der Waals surface area contributed by atoms with Gasteiger partial charge in [-0.2, -0.15) is 0 Å². The Morgan fingerprint density at radius 3 is 2.23 bits per heavy atom. The predicted octanol–water partition coefficient (Wildman–Crippen LogP) is 3.85. The number of unbranched alkanes of at least 4 members (excludes halogenated alkanes) is 7. The van der Waals surface area contributed by atoms with Crippen molar-refractivity contribution in [2.45, 2.75) is 123 Å². The van der Waals surface area contributed by atoms with E-state index < -0.39 is 30.0 Å². The van der Waals surface area contributed by atoms with Gasteiger partial charge in [0.2, 0.25) is 23.6 Å². The molecule has 1 aliphatic heterocycles. The van der Waals surface area contributed by atoms with E-state index in [-0.39, 0.29) is 43.3 Å². The minimum absolute atomic E-state index is 0.0673. The van der Waals surface area contributed by atoms with Crippen molar-refractivity contribution in [3.8, 4) is 0 Å². The highest BCUT2D eigenvalue weighted by molar-refractivity contribution is 5.94. The van der Waals surface area contributed by atoms with E-state index in [9.17, 15) is 24.0 Å². The number of nitrogens with one attached hydrogen (secondary N) is 5. The normalized spacial score (nSPS) is 19.9. The molecule has 3 atom stereocenters. The Hall–Kier alpha value is -3.63. The van der Waals surface area contributed by atoms with Crippen LogP contribution in [0.25, 0.3) is 0 Å². The smallest absolute Gasteiger partial charge is 0.407 e. The number of carbonyl (C=O) groups is 5. The van der Waals surface area contributed by atoms with Crippen molar-refractivity contribution in [3.63, 3.8) is 0 Å². The third-order valence-corrected chi connectivity index (χ3v) is 7.68. The molecule has 0 bridgehead atoms. The molecule has 5 N–H and O–H groups in total. The number of ether oxygens (including phenoxy) is 1. The molecule has 1 aromatic carbocycles. The molecule has 0 radical (unpaired) electrons. The van der Waals surface area contributed by atoms with Crippen molar-refractivity contribution in [2.24, 2.45) is 5.92 Å². The number of rotatable bonds is 16. The fraction of sp³-hybridized carbons (Fsp3) is 0.667. The second kappa shape index (κ2) is 21.1. The van der Waals surface area contributed by atoms with Crippen molar-refractivity contribution in [1.82, 2.24) is 26.6 Å². The number of hydrogen-bond acceptors (Lipinski definition) is 6. The van der Waals surface area contributed by atoms with Crippen molar-refractivity contribution >= 4 is 29.7 Å². The van der Waals surface area contributed by atoms with Crippen LogP contribution in [0.3, 0.4) is 0 Å². The lowest BCUT2D eigenvalue weighted by molar-refractivity contribution is -0.133. The molecule has 11 nitrogen and oxygen atoms in total. The summed E-state index contributed by atoms with van der Waals surface area (Å²) >= 11 is 0. The Labute approximate surface area is 262 Å². The monoisotopic (exact) mass is 615 g/mol. The summed E-state index contributed by atoms with van der Waals surface area (Å²) in [5.41, 5.74) is 0.885. The highest BCUT2D eigenvalue weighted by Crippen LogP contribution is 2.13. The van der Waals surface area contributed by atoms with Crippen LogP contribution in [0.15, 0.2) is 30.3 Å². The maximum Gasteiger partial charge on any atom is 0.407 e. The highest BCUT2D eigenvalue weighted by Gasteiger charge is 2.31. The molecule has 246 valence electrons. The molecule has 0 saturated carbocycles. The zero-order valence-electron chi connectivity index (χ0n) is 26.8. The first kappa shape index (κ1) is 36.6. The molecular formula is C33H53N5O6. The molecule has 1 heterocycles. The van der Waals surface area contributed by atoms with E-state index in [1.54, 1.807) is 0 Å². The highest BCUT2D eigenvalue weighted by atomic mass is 16.5. The molecule has 44 heavy (non-hydrogen) atoms. The average Bonchev–Trinajstić information content (AvgIpc) is 3.00. The average molecular weight is 616 g/mol. The Bertz CT molecular complexity index is 1030. The Kier molecular flexibility index (Phi) is 17.6. The van der Waals surface area contributed by atoms with Gasteiger partial charge >= 0.3 is 6.09 Å². The first-order valence-corrected chi connectivity index (χ1v) is 16.3. The molecule has 0 unspecified atom stereocenters. The van der Waals surface area contributed by atoms with Gasteiger partial charge in [0, 0.05) is 19.0 Å². The van der Waals surface area contributed by atoms with Gasteiger partial charge in [-0.25, -0.2) is 4.79 Å². The van der Waals surface area contributed by atoms with Gasteiger partial charge in [-0.05, 0) is 37.2 Å². The predicted molar refractivity (Wildman–Crippen MR) is 169 cm³/mol. The molecule has 11 heteroatoms. The minimum atomic E-state index is -0.900. The van der Waals surface area contributed by atoms with E-state index >= 15 is 0 Å². The quantitative estimate of drug-likeness (QED) is 0.178. The van der Waals surface area contributed by atoms with E-state index in [4.69, 9.17) is 4.74 Å². The van der Waals surface area contributed by atoms with Crippen LogP contribution in [-0.4, -0.2) is 60.9 Å². The van der Waals surface area contributed by atoms with E-state index in [1.807, 2.05) is 44.2 Å². The van der Waals surface area contributed by atoms with E-state index in [1.165, 1.54) is 25.7 Å². The largest absolute Gasteiger partial charge is 0.445 e. The van der Waals surface area contributed by atoms with Crippen LogP contribution in [0.4, 0.5) is 4.79 Å². The van der Waals surface area contributed by atoms with E-state index in [0.29, 0.717) is 32.2 Å². The maximum atomic E-state index is 13.3. The number of carbonyl (C=O) groups excluding carboxylic acids is 5. The van der Waals surface area contributed by atoms with Crippen LogP contribution in [0, 0.1) is 5.92 Å². The lowest BCUT2D eigenvalue weighted by Gasteiger charge is -2.27. The van der Waals surface area contributed by atoms with Gasteiger partial charge in [-0.1, -0.05) is 96.0 Å². The van der Waals surface area contributed by atoms with Crippen LogP contribution >= 0.6 is 0 Å². The second-order valence-electron chi connectivity index (χ2n) is 11.9. The summed E-state index contributed by atoms with van der Waals surface area (Å²) < 4.78 is 5.21. The van der Waals surface area contributed by atoms with Gasteiger partial charge < -0.3 is 31.3 Å². The van der Waals surface area contributed by atoms with E-state index in [0.717, 1.165) is 24.8 Å². The number of benzene rings is 1. The van der Waals surface area contributed by atoms with Crippen LogP contribution in [0.1, 0.15) is 103 Å². The van der Waals surface area contributed by atoms with Gasteiger partial charge in [-0.15, -0.1) is 0 Å².